The van der Waals surface area contributed by atoms with Crippen LogP contribution in [0.2, 0.25) is 0 Å². The topological polar surface area (TPSA) is 71.1 Å². The Kier molecular flexibility index (Phi) is 5.78. The third-order valence-corrected chi connectivity index (χ3v) is 4.56. The summed E-state index contributed by atoms with van der Waals surface area (Å²) in [7, 11) is 0. The molecule has 0 spiro atoms. The van der Waals surface area contributed by atoms with Gasteiger partial charge in [0.05, 0.1) is 0 Å². The molecule has 0 bridgehead atoms. The number of carbonyl (C=O) groups is 2. The Morgan fingerprint density at radius 1 is 0.862 bits per heavy atom. The first-order valence-electron chi connectivity index (χ1n) is 9.48. The second-order valence-corrected chi connectivity index (χ2v) is 7.97. The minimum atomic E-state index is -0.283. The second-order valence-electron chi connectivity index (χ2n) is 7.97. The number of pyridine rings is 1. The predicted octanol–water partition coefficient (Wildman–Crippen LogP) is 5.58. The van der Waals surface area contributed by atoms with E-state index in [1.54, 1.807) is 30.5 Å². The van der Waals surface area contributed by atoms with Crippen LogP contribution in [0.3, 0.4) is 0 Å². The lowest BCUT2D eigenvalue weighted by Gasteiger charge is -2.19. The smallest absolute Gasteiger partial charge is 0.274 e. The SMILES string of the molecule is CC(=O)c1cccc(Nc2ccnc(C(=O)Nc3ccc(C(C)(C)C)cc3)c2)c1. The van der Waals surface area contributed by atoms with Crippen molar-refractivity contribution in [2.24, 2.45) is 0 Å². The van der Waals surface area contributed by atoms with Gasteiger partial charge in [-0.1, -0.05) is 45.0 Å². The third kappa shape index (κ3) is 5.29. The van der Waals surface area contributed by atoms with Gasteiger partial charge in [0, 0.05) is 28.8 Å². The maximum Gasteiger partial charge on any atom is 0.274 e. The van der Waals surface area contributed by atoms with Crippen molar-refractivity contribution in [2.45, 2.75) is 33.1 Å². The minimum absolute atomic E-state index is 0.000856. The molecule has 0 unspecified atom stereocenters. The summed E-state index contributed by atoms with van der Waals surface area (Å²) in [5.74, 6) is -0.282. The number of amides is 1. The molecule has 2 aromatic carbocycles. The fourth-order valence-corrected chi connectivity index (χ4v) is 2.86. The van der Waals surface area contributed by atoms with Gasteiger partial charge in [0.2, 0.25) is 0 Å². The van der Waals surface area contributed by atoms with E-state index in [0.29, 0.717) is 16.9 Å². The molecule has 1 amide bonds. The van der Waals surface area contributed by atoms with Gasteiger partial charge >= 0.3 is 0 Å². The summed E-state index contributed by atoms with van der Waals surface area (Å²) in [5.41, 5.74) is 4.40. The van der Waals surface area contributed by atoms with Crippen LogP contribution in [0.5, 0.6) is 0 Å². The first-order chi connectivity index (χ1) is 13.7. The Hall–Kier alpha value is -3.47. The first-order valence-corrected chi connectivity index (χ1v) is 9.48. The molecule has 3 rings (SSSR count). The Labute approximate surface area is 171 Å². The van der Waals surface area contributed by atoms with Crippen molar-refractivity contribution < 1.29 is 9.59 Å². The van der Waals surface area contributed by atoms with E-state index in [1.165, 1.54) is 12.5 Å². The highest BCUT2D eigenvalue weighted by atomic mass is 16.2. The molecule has 3 aromatic rings. The molecule has 1 aromatic heterocycles. The maximum absolute atomic E-state index is 12.6. The van der Waals surface area contributed by atoms with Gasteiger partial charge in [0.25, 0.3) is 5.91 Å². The van der Waals surface area contributed by atoms with Crippen LogP contribution in [0, 0.1) is 0 Å². The molecule has 2 N–H and O–H groups in total. The molecule has 0 aliphatic rings. The summed E-state index contributed by atoms with van der Waals surface area (Å²) in [6.07, 6.45) is 1.58. The second kappa shape index (κ2) is 8.27. The number of nitrogens with zero attached hydrogens (tertiary/aromatic N) is 1. The van der Waals surface area contributed by atoms with E-state index in [1.807, 2.05) is 36.4 Å². The van der Waals surface area contributed by atoms with Crippen molar-refractivity contribution in [1.29, 1.82) is 0 Å². The molecule has 5 heteroatoms. The maximum atomic E-state index is 12.6. The monoisotopic (exact) mass is 387 g/mol. The quantitative estimate of drug-likeness (QED) is 0.561. The van der Waals surface area contributed by atoms with E-state index in [9.17, 15) is 9.59 Å². The predicted molar refractivity (Wildman–Crippen MR) is 117 cm³/mol. The summed E-state index contributed by atoms with van der Waals surface area (Å²) >= 11 is 0. The lowest BCUT2D eigenvalue weighted by molar-refractivity contribution is 0.101. The van der Waals surface area contributed by atoms with E-state index >= 15 is 0 Å². The Morgan fingerprint density at radius 2 is 1.55 bits per heavy atom. The van der Waals surface area contributed by atoms with Crippen molar-refractivity contribution in [2.75, 3.05) is 10.6 Å². The Morgan fingerprint density at radius 3 is 2.21 bits per heavy atom. The molecule has 0 aliphatic heterocycles. The lowest BCUT2D eigenvalue weighted by atomic mass is 9.87. The zero-order valence-electron chi connectivity index (χ0n) is 17.1. The van der Waals surface area contributed by atoms with E-state index < -0.39 is 0 Å². The van der Waals surface area contributed by atoms with Crippen LogP contribution in [0.4, 0.5) is 17.1 Å². The Bertz CT molecular complexity index is 1030. The molecule has 0 radical (unpaired) electrons. The molecular weight excluding hydrogens is 362 g/mol. The highest BCUT2D eigenvalue weighted by Crippen LogP contribution is 2.24. The lowest BCUT2D eigenvalue weighted by Crippen LogP contribution is -2.15. The average Bonchev–Trinajstić information content (AvgIpc) is 2.68. The number of benzene rings is 2. The number of ketones is 1. The van der Waals surface area contributed by atoms with E-state index in [4.69, 9.17) is 0 Å². The average molecular weight is 387 g/mol. The van der Waals surface area contributed by atoms with Crippen LogP contribution >= 0.6 is 0 Å². The van der Waals surface area contributed by atoms with Crippen molar-refractivity contribution in [3.8, 4) is 0 Å². The van der Waals surface area contributed by atoms with Gasteiger partial charge in [0.1, 0.15) is 5.69 Å². The van der Waals surface area contributed by atoms with Crippen molar-refractivity contribution in [1.82, 2.24) is 4.98 Å². The number of carbonyl (C=O) groups excluding carboxylic acids is 2. The normalized spacial score (nSPS) is 11.0. The van der Waals surface area contributed by atoms with Gasteiger partial charge in [-0.25, -0.2) is 0 Å². The highest BCUT2D eigenvalue weighted by molar-refractivity contribution is 6.03. The summed E-state index contributed by atoms with van der Waals surface area (Å²) in [6, 6.07) is 18.5. The van der Waals surface area contributed by atoms with E-state index in [2.05, 4.69) is 36.4 Å². The number of aromatic nitrogens is 1. The largest absolute Gasteiger partial charge is 0.355 e. The fourth-order valence-electron chi connectivity index (χ4n) is 2.86. The van der Waals surface area contributed by atoms with Crippen LogP contribution in [0.15, 0.2) is 66.9 Å². The molecule has 0 fully saturated rings. The molecule has 0 atom stereocenters. The van der Waals surface area contributed by atoms with Gasteiger partial charge in [-0.2, -0.15) is 0 Å². The van der Waals surface area contributed by atoms with E-state index in [0.717, 1.165) is 11.4 Å². The Balaban J connectivity index is 1.72. The summed E-state index contributed by atoms with van der Waals surface area (Å²) in [6.45, 7) is 7.97. The standard InChI is InChI=1S/C24H25N3O2/c1-16(28)17-6-5-7-20(14-17)26-21-12-13-25-22(15-21)23(29)27-19-10-8-18(9-11-19)24(2,3)4/h5-15H,1-4H3,(H,25,26)(H,27,29). The van der Waals surface area contributed by atoms with Crippen molar-refractivity contribution in [3.05, 3.63) is 83.7 Å². The zero-order chi connectivity index (χ0) is 21.0. The molecule has 0 saturated carbocycles. The molecule has 29 heavy (non-hydrogen) atoms. The number of nitrogens with one attached hydrogen (secondary N) is 2. The van der Waals surface area contributed by atoms with Gasteiger partial charge in [-0.05, 0) is 54.3 Å². The first kappa shape index (κ1) is 20.3. The zero-order valence-corrected chi connectivity index (χ0v) is 17.1. The van der Waals surface area contributed by atoms with Crippen molar-refractivity contribution in [3.63, 3.8) is 0 Å². The summed E-state index contributed by atoms with van der Waals surface area (Å²) in [4.78, 5) is 28.3. The van der Waals surface area contributed by atoms with Crippen LogP contribution in [-0.4, -0.2) is 16.7 Å². The molecular formula is C24H25N3O2. The summed E-state index contributed by atoms with van der Waals surface area (Å²) in [5, 5.41) is 6.09. The third-order valence-electron chi connectivity index (χ3n) is 4.56. The molecule has 0 aliphatic carbocycles. The molecule has 148 valence electrons. The van der Waals surface area contributed by atoms with Crippen molar-refractivity contribution >= 4 is 28.8 Å². The van der Waals surface area contributed by atoms with Crippen LogP contribution in [-0.2, 0) is 5.41 Å². The van der Waals surface area contributed by atoms with Crippen LogP contribution in [0.1, 0.15) is 54.1 Å². The van der Waals surface area contributed by atoms with Crippen LogP contribution < -0.4 is 10.6 Å². The fraction of sp³-hybridized carbons (Fsp3) is 0.208. The molecule has 0 saturated heterocycles. The number of hydrogen-bond acceptors (Lipinski definition) is 4. The van der Waals surface area contributed by atoms with Gasteiger partial charge in [-0.3, -0.25) is 14.6 Å². The molecule has 1 heterocycles. The van der Waals surface area contributed by atoms with E-state index in [-0.39, 0.29) is 17.1 Å². The minimum Gasteiger partial charge on any atom is -0.355 e. The number of hydrogen-bond donors (Lipinski definition) is 2. The van der Waals surface area contributed by atoms with Gasteiger partial charge in [-0.15, -0.1) is 0 Å². The van der Waals surface area contributed by atoms with Gasteiger partial charge in [0.15, 0.2) is 5.78 Å². The summed E-state index contributed by atoms with van der Waals surface area (Å²) < 4.78 is 0. The number of rotatable bonds is 5. The van der Waals surface area contributed by atoms with Crippen LogP contribution in [0.25, 0.3) is 0 Å². The molecule has 5 nitrogen and oxygen atoms in total. The number of anilines is 3. The van der Waals surface area contributed by atoms with Gasteiger partial charge < -0.3 is 10.6 Å². The number of Topliss-reactive ketones (excluding diaryl/α,β-unsaturated/α-hetero) is 1. The highest BCUT2D eigenvalue weighted by Gasteiger charge is 2.14.